The maximum absolute atomic E-state index is 12.3. The van der Waals surface area contributed by atoms with Crippen molar-refractivity contribution in [3.8, 4) is 0 Å². The molecule has 0 aromatic heterocycles. The van der Waals surface area contributed by atoms with E-state index in [1.54, 1.807) is 11.8 Å². The third-order valence-electron chi connectivity index (χ3n) is 1.86. The zero-order valence-electron chi connectivity index (χ0n) is 6.29. The van der Waals surface area contributed by atoms with Crippen LogP contribution in [0, 0.1) is 5.41 Å². The van der Waals surface area contributed by atoms with E-state index in [2.05, 4.69) is 0 Å². The molecule has 0 nitrogen and oxygen atoms in total. The van der Waals surface area contributed by atoms with Gasteiger partial charge in [0.25, 0.3) is 0 Å². The Morgan fingerprint density at radius 2 is 1.90 bits per heavy atom. The summed E-state index contributed by atoms with van der Waals surface area (Å²) in [6, 6.07) is 0. The molecule has 1 rings (SSSR count). The van der Waals surface area contributed by atoms with Crippen LogP contribution in [0.25, 0.3) is 0 Å². The second kappa shape index (κ2) is 2.36. The minimum Gasteiger partial charge on any atom is -0.207 e. The van der Waals surface area contributed by atoms with Crippen LogP contribution in [0.1, 0.15) is 19.8 Å². The number of halogens is 2. The zero-order chi connectivity index (χ0) is 7.83. The van der Waals surface area contributed by atoms with Gasteiger partial charge in [-0.2, -0.15) is 11.8 Å². The average molecular weight is 166 g/mol. The van der Waals surface area contributed by atoms with E-state index in [0.717, 1.165) is 5.75 Å². The van der Waals surface area contributed by atoms with Crippen LogP contribution in [0.3, 0.4) is 0 Å². The van der Waals surface area contributed by atoms with E-state index in [1.165, 1.54) is 0 Å². The fraction of sp³-hybridized carbons (Fsp3) is 1.00. The van der Waals surface area contributed by atoms with Crippen LogP contribution in [0.15, 0.2) is 0 Å². The van der Waals surface area contributed by atoms with Gasteiger partial charge in [-0.25, -0.2) is 8.78 Å². The topological polar surface area (TPSA) is 0 Å². The summed E-state index contributed by atoms with van der Waals surface area (Å²) in [6.07, 6.45) is 2.13. The second-order valence-corrected chi connectivity index (χ2v) is 4.32. The van der Waals surface area contributed by atoms with Crippen LogP contribution in [-0.4, -0.2) is 17.9 Å². The highest BCUT2D eigenvalue weighted by atomic mass is 32.2. The van der Waals surface area contributed by atoms with E-state index in [9.17, 15) is 8.78 Å². The van der Waals surface area contributed by atoms with Crippen LogP contribution in [-0.2, 0) is 0 Å². The molecule has 0 unspecified atom stereocenters. The minimum absolute atomic E-state index is 0.0804. The van der Waals surface area contributed by atoms with E-state index in [4.69, 9.17) is 0 Å². The summed E-state index contributed by atoms with van der Waals surface area (Å²) in [6.45, 7) is 1.93. The first-order chi connectivity index (χ1) is 4.47. The lowest BCUT2D eigenvalue weighted by Gasteiger charge is -2.44. The summed E-state index contributed by atoms with van der Waals surface area (Å²) in [5.41, 5.74) is -0.0804. The van der Waals surface area contributed by atoms with Gasteiger partial charge in [-0.05, 0) is 17.4 Å². The first kappa shape index (κ1) is 8.31. The summed E-state index contributed by atoms with van der Waals surface area (Å²) in [4.78, 5) is 0. The van der Waals surface area contributed by atoms with Crippen LogP contribution >= 0.6 is 11.8 Å². The molecule has 3 heteroatoms. The zero-order valence-corrected chi connectivity index (χ0v) is 7.10. The first-order valence-electron chi connectivity index (χ1n) is 3.34. The van der Waals surface area contributed by atoms with Gasteiger partial charge >= 0.3 is 0 Å². The number of hydrogen-bond donors (Lipinski definition) is 0. The fourth-order valence-corrected chi connectivity index (χ4v) is 2.55. The normalized spacial score (nSPS) is 27.6. The Bertz CT molecular complexity index is 126. The molecule has 1 aliphatic carbocycles. The third kappa shape index (κ3) is 1.62. The quantitative estimate of drug-likeness (QED) is 0.608. The molecule has 0 N–H and O–H groups in total. The molecular formula is C7H12F2S. The van der Waals surface area contributed by atoms with Gasteiger partial charge in [0, 0.05) is 12.8 Å². The third-order valence-corrected chi connectivity index (χ3v) is 2.85. The summed E-state index contributed by atoms with van der Waals surface area (Å²) in [7, 11) is 0. The monoisotopic (exact) mass is 166 g/mol. The molecule has 0 aromatic rings. The number of rotatable bonds is 2. The van der Waals surface area contributed by atoms with Crippen molar-refractivity contribution in [2.24, 2.45) is 5.41 Å². The summed E-state index contributed by atoms with van der Waals surface area (Å²) in [5.74, 6) is -1.49. The number of thioether (sulfide) groups is 1. The molecule has 60 valence electrons. The predicted octanol–water partition coefficient (Wildman–Crippen LogP) is 2.78. The van der Waals surface area contributed by atoms with Crippen molar-refractivity contribution in [3.63, 3.8) is 0 Å². The minimum atomic E-state index is -2.36. The molecule has 0 atom stereocenters. The Morgan fingerprint density at radius 1 is 1.40 bits per heavy atom. The Balaban J connectivity index is 2.34. The molecule has 0 spiro atoms. The summed E-state index contributed by atoms with van der Waals surface area (Å²) in [5, 5.41) is 0. The van der Waals surface area contributed by atoms with E-state index in [-0.39, 0.29) is 18.3 Å². The Hall–Kier alpha value is 0.210. The molecule has 0 heterocycles. The highest BCUT2D eigenvalue weighted by Gasteiger charge is 2.52. The number of alkyl halides is 2. The molecule has 0 aliphatic heterocycles. The molecule has 0 saturated heterocycles. The van der Waals surface area contributed by atoms with Gasteiger partial charge in [0.05, 0.1) is 0 Å². The molecule has 0 amide bonds. The molecule has 0 bridgehead atoms. The van der Waals surface area contributed by atoms with Crippen molar-refractivity contribution in [1.82, 2.24) is 0 Å². The van der Waals surface area contributed by atoms with Crippen LogP contribution in [0.5, 0.6) is 0 Å². The SMILES string of the molecule is CSCC1(C)CC(F)(F)C1. The van der Waals surface area contributed by atoms with Gasteiger partial charge < -0.3 is 0 Å². The highest BCUT2D eigenvalue weighted by Crippen LogP contribution is 2.52. The summed E-state index contributed by atoms with van der Waals surface area (Å²) < 4.78 is 24.7. The molecule has 0 aromatic carbocycles. The molecule has 0 radical (unpaired) electrons. The van der Waals surface area contributed by atoms with Crippen molar-refractivity contribution in [1.29, 1.82) is 0 Å². The van der Waals surface area contributed by atoms with Gasteiger partial charge in [-0.1, -0.05) is 6.92 Å². The van der Waals surface area contributed by atoms with Gasteiger partial charge in [0.15, 0.2) is 0 Å². The maximum Gasteiger partial charge on any atom is 0.249 e. The standard InChI is InChI=1S/C7H12F2S/c1-6(5-10-2)3-7(8,9)4-6/h3-5H2,1-2H3. The maximum atomic E-state index is 12.3. The largest absolute Gasteiger partial charge is 0.249 e. The Kier molecular flexibility index (Phi) is 1.96. The van der Waals surface area contributed by atoms with Crippen molar-refractivity contribution in [2.75, 3.05) is 12.0 Å². The average Bonchev–Trinajstić information content (AvgIpc) is 1.58. The highest BCUT2D eigenvalue weighted by molar-refractivity contribution is 7.98. The van der Waals surface area contributed by atoms with Gasteiger partial charge in [0.2, 0.25) is 5.92 Å². The lowest BCUT2D eigenvalue weighted by Crippen LogP contribution is -2.45. The fourth-order valence-electron chi connectivity index (χ4n) is 1.65. The van der Waals surface area contributed by atoms with E-state index >= 15 is 0 Å². The summed E-state index contributed by atoms with van der Waals surface area (Å²) >= 11 is 1.65. The van der Waals surface area contributed by atoms with E-state index in [1.807, 2.05) is 13.2 Å². The number of hydrogen-bond acceptors (Lipinski definition) is 1. The lowest BCUT2D eigenvalue weighted by molar-refractivity contribution is -0.144. The van der Waals surface area contributed by atoms with Crippen LogP contribution in [0.2, 0.25) is 0 Å². The predicted molar refractivity (Wildman–Crippen MR) is 40.7 cm³/mol. The molecule has 10 heavy (non-hydrogen) atoms. The second-order valence-electron chi connectivity index (χ2n) is 3.45. The van der Waals surface area contributed by atoms with Gasteiger partial charge in [-0.3, -0.25) is 0 Å². The van der Waals surface area contributed by atoms with Gasteiger partial charge in [0.1, 0.15) is 0 Å². The van der Waals surface area contributed by atoms with E-state index < -0.39 is 5.92 Å². The van der Waals surface area contributed by atoms with Crippen molar-refractivity contribution in [3.05, 3.63) is 0 Å². The molecule has 1 fully saturated rings. The molecular weight excluding hydrogens is 154 g/mol. The van der Waals surface area contributed by atoms with Crippen molar-refractivity contribution >= 4 is 11.8 Å². The van der Waals surface area contributed by atoms with Gasteiger partial charge in [-0.15, -0.1) is 0 Å². The molecule has 1 saturated carbocycles. The first-order valence-corrected chi connectivity index (χ1v) is 4.74. The van der Waals surface area contributed by atoms with Crippen molar-refractivity contribution < 1.29 is 8.78 Å². The van der Waals surface area contributed by atoms with E-state index in [0.29, 0.717) is 0 Å². The van der Waals surface area contributed by atoms with Crippen LogP contribution in [0.4, 0.5) is 8.78 Å². The van der Waals surface area contributed by atoms with Crippen LogP contribution < -0.4 is 0 Å². The smallest absolute Gasteiger partial charge is 0.207 e. The Labute approximate surface area is 64.4 Å². The lowest BCUT2D eigenvalue weighted by atomic mass is 9.69. The molecule has 1 aliphatic rings. The van der Waals surface area contributed by atoms with Crippen molar-refractivity contribution in [2.45, 2.75) is 25.7 Å². The Morgan fingerprint density at radius 3 is 2.20 bits per heavy atom.